The van der Waals surface area contributed by atoms with Gasteiger partial charge in [-0.25, -0.2) is 12.8 Å². The van der Waals surface area contributed by atoms with Crippen LogP contribution in [0.3, 0.4) is 0 Å². The molecule has 1 aliphatic heterocycles. The number of rotatable bonds is 5. The van der Waals surface area contributed by atoms with E-state index in [1.165, 1.54) is 22.5 Å². The van der Waals surface area contributed by atoms with Crippen molar-refractivity contribution in [3.63, 3.8) is 0 Å². The quantitative estimate of drug-likeness (QED) is 0.906. The Morgan fingerprint density at radius 2 is 1.95 bits per heavy atom. The van der Waals surface area contributed by atoms with Crippen molar-refractivity contribution in [3.8, 4) is 0 Å². The lowest BCUT2D eigenvalue weighted by atomic mass is 10.2. The van der Waals surface area contributed by atoms with Gasteiger partial charge in [0, 0.05) is 25.2 Å². The van der Waals surface area contributed by atoms with Crippen LogP contribution < -0.4 is 5.32 Å². The van der Waals surface area contributed by atoms with Gasteiger partial charge in [-0.1, -0.05) is 13.3 Å². The van der Waals surface area contributed by atoms with Crippen LogP contribution in [0.15, 0.2) is 23.1 Å². The van der Waals surface area contributed by atoms with E-state index in [4.69, 9.17) is 0 Å². The third-order valence-electron chi connectivity index (χ3n) is 3.54. The van der Waals surface area contributed by atoms with Gasteiger partial charge in [-0.15, -0.1) is 0 Å². The maximum Gasteiger partial charge on any atom is 0.243 e. The van der Waals surface area contributed by atoms with E-state index in [2.05, 4.69) is 5.32 Å². The van der Waals surface area contributed by atoms with Gasteiger partial charge in [-0.3, -0.25) is 0 Å². The molecule has 112 valence electrons. The molecule has 0 atom stereocenters. The third kappa shape index (κ3) is 3.37. The highest BCUT2D eigenvalue weighted by atomic mass is 32.2. The largest absolute Gasteiger partial charge is 0.313 e. The van der Waals surface area contributed by atoms with E-state index in [9.17, 15) is 12.8 Å². The van der Waals surface area contributed by atoms with Gasteiger partial charge in [0.25, 0.3) is 0 Å². The van der Waals surface area contributed by atoms with Crippen molar-refractivity contribution in [1.82, 2.24) is 9.62 Å². The molecule has 1 N–H and O–H groups in total. The van der Waals surface area contributed by atoms with Crippen LogP contribution in [-0.2, 0) is 16.6 Å². The lowest BCUT2D eigenvalue weighted by Crippen LogP contribution is -2.35. The number of nitrogens with one attached hydrogen (secondary N) is 1. The minimum Gasteiger partial charge on any atom is -0.313 e. The smallest absolute Gasteiger partial charge is 0.243 e. The van der Waals surface area contributed by atoms with Crippen molar-refractivity contribution < 1.29 is 12.8 Å². The van der Waals surface area contributed by atoms with Crippen molar-refractivity contribution in [2.75, 3.05) is 19.6 Å². The van der Waals surface area contributed by atoms with Gasteiger partial charge in [0.2, 0.25) is 10.0 Å². The van der Waals surface area contributed by atoms with Gasteiger partial charge in [0.05, 0.1) is 4.90 Å². The Labute approximate surface area is 120 Å². The predicted octanol–water partition coefficient (Wildman–Crippen LogP) is 2.11. The molecular formula is C14H21FN2O2S. The number of nitrogens with zero attached hydrogens (tertiary/aromatic N) is 1. The Hall–Kier alpha value is -0.980. The van der Waals surface area contributed by atoms with Gasteiger partial charge in [0.15, 0.2) is 0 Å². The molecule has 4 nitrogen and oxygen atoms in total. The molecule has 0 saturated carbocycles. The molecule has 2 rings (SSSR count). The molecule has 0 radical (unpaired) electrons. The molecular weight excluding hydrogens is 279 g/mol. The van der Waals surface area contributed by atoms with Gasteiger partial charge in [0.1, 0.15) is 5.82 Å². The van der Waals surface area contributed by atoms with Crippen LogP contribution in [0.1, 0.15) is 31.7 Å². The monoisotopic (exact) mass is 300 g/mol. The molecule has 1 aromatic carbocycles. The first kappa shape index (κ1) is 15.4. The Balaban J connectivity index is 2.26. The summed E-state index contributed by atoms with van der Waals surface area (Å²) in [5.74, 6) is -0.372. The standard InChI is InChI=1S/C14H21FN2O2S/c1-2-16-11-12-10-13(6-7-14(12)15)20(18,19)17-8-4-3-5-9-17/h6-7,10,16H,2-5,8-9,11H2,1H3. The maximum absolute atomic E-state index is 13.7. The van der Waals surface area contributed by atoms with Crippen LogP contribution in [0.4, 0.5) is 4.39 Å². The first-order valence-corrected chi connectivity index (χ1v) is 8.49. The topological polar surface area (TPSA) is 49.4 Å². The van der Waals surface area contributed by atoms with Gasteiger partial charge in [-0.2, -0.15) is 4.31 Å². The average Bonchev–Trinajstić information content (AvgIpc) is 2.47. The van der Waals surface area contributed by atoms with Crippen molar-refractivity contribution in [2.24, 2.45) is 0 Å². The molecule has 20 heavy (non-hydrogen) atoms. The molecule has 1 heterocycles. The number of halogens is 1. The van der Waals surface area contributed by atoms with E-state index in [1.54, 1.807) is 0 Å². The highest BCUT2D eigenvalue weighted by Crippen LogP contribution is 2.22. The fourth-order valence-corrected chi connectivity index (χ4v) is 3.93. The van der Waals surface area contributed by atoms with Crippen LogP contribution in [0.2, 0.25) is 0 Å². The van der Waals surface area contributed by atoms with Crippen LogP contribution in [0.5, 0.6) is 0 Å². The zero-order chi connectivity index (χ0) is 14.6. The molecule has 1 aliphatic rings. The summed E-state index contributed by atoms with van der Waals surface area (Å²) in [4.78, 5) is 0.189. The zero-order valence-corrected chi connectivity index (χ0v) is 12.5. The van der Waals surface area contributed by atoms with Crippen LogP contribution in [-0.4, -0.2) is 32.4 Å². The third-order valence-corrected chi connectivity index (χ3v) is 5.43. The average molecular weight is 300 g/mol. The second-order valence-corrected chi connectivity index (χ2v) is 6.94. The summed E-state index contributed by atoms with van der Waals surface area (Å²) >= 11 is 0. The van der Waals surface area contributed by atoms with E-state index in [0.717, 1.165) is 19.3 Å². The SMILES string of the molecule is CCNCc1cc(S(=O)(=O)N2CCCCC2)ccc1F. The van der Waals surface area contributed by atoms with E-state index in [0.29, 0.717) is 31.7 Å². The summed E-state index contributed by atoms with van der Waals surface area (Å²) in [7, 11) is -3.49. The summed E-state index contributed by atoms with van der Waals surface area (Å²) in [5.41, 5.74) is 0.393. The number of hydrogen-bond acceptors (Lipinski definition) is 3. The van der Waals surface area contributed by atoms with Crippen molar-refractivity contribution in [1.29, 1.82) is 0 Å². The second kappa shape index (κ2) is 6.65. The Morgan fingerprint density at radius 1 is 1.25 bits per heavy atom. The van der Waals surface area contributed by atoms with Crippen LogP contribution in [0.25, 0.3) is 0 Å². The Morgan fingerprint density at radius 3 is 2.60 bits per heavy atom. The molecule has 1 aromatic rings. The molecule has 1 fully saturated rings. The van der Waals surface area contributed by atoms with E-state index in [1.807, 2.05) is 6.92 Å². The summed E-state index contributed by atoms with van der Waals surface area (Å²) in [5, 5.41) is 3.02. The Bertz CT molecular complexity index is 554. The molecule has 0 unspecified atom stereocenters. The molecule has 0 amide bonds. The lowest BCUT2D eigenvalue weighted by Gasteiger charge is -2.26. The number of piperidine rings is 1. The van der Waals surface area contributed by atoms with Crippen LogP contribution in [0, 0.1) is 5.82 Å². The number of sulfonamides is 1. The van der Waals surface area contributed by atoms with Crippen LogP contribution >= 0.6 is 0 Å². The second-order valence-electron chi connectivity index (χ2n) is 5.00. The molecule has 0 spiro atoms. The zero-order valence-electron chi connectivity index (χ0n) is 11.7. The fraction of sp³-hybridized carbons (Fsp3) is 0.571. The summed E-state index contributed by atoms with van der Waals surface area (Å²) in [6.07, 6.45) is 2.86. The van der Waals surface area contributed by atoms with Crippen molar-refractivity contribution in [3.05, 3.63) is 29.6 Å². The fourth-order valence-electron chi connectivity index (χ4n) is 2.36. The molecule has 0 bridgehead atoms. The van der Waals surface area contributed by atoms with E-state index in [-0.39, 0.29) is 10.7 Å². The predicted molar refractivity (Wildman–Crippen MR) is 76.4 cm³/mol. The molecule has 1 saturated heterocycles. The minimum absolute atomic E-state index is 0.189. The normalized spacial score (nSPS) is 17.3. The van der Waals surface area contributed by atoms with Gasteiger partial charge >= 0.3 is 0 Å². The molecule has 0 aromatic heterocycles. The summed E-state index contributed by atoms with van der Waals surface area (Å²) < 4.78 is 40.2. The molecule has 6 heteroatoms. The van der Waals surface area contributed by atoms with Crippen molar-refractivity contribution >= 4 is 10.0 Å². The summed E-state index contributed by atoms with van der Waals surface area (Å²) in [6.45, 7) is 4.09. The highest BCUT2D eigenvalue weighted by molar-refractivity contribution is 7.89. The number of hydrogen-bond donors (Lipinski definition) is 1. The number of benzene rings is 1. The Kier molecular flexibility index (Phi) is 5.12. The van der Waals surface area contributed by atoms with Crippen molar-refractivity contribution in [2.45, 2.75) is 37.6 Å². The minimum atomic E-state index is -3.49. The first-order valence-electron chi connectivity index (χ1n) is 7.05. The maximum atomic E-state index is 13.7. The van der Waals surface area contributed by atoms with Gasteiger partial charge < -0.3 is 5.32 Å². The van der Waals surface area contributed by atoms with Gasteiger partial charge in [-0.05, 0) is 37.6 Å². The van der Waals surface area contributed by atoms with E-state index < -0.39 is 10.0 Å². The summed E-state index contributed by atoms with van der Waals surface area (Å²) in [6, 6.07) is 4.04. The van der Waals surface area contributed by atoms with E-state index >= 15 is 0 Å². The lowest BCUT2D eigenvalue weighted by molar-refractivity contribution is 0.346. The first-order chi connectivity index (χ1) is 9.55. The highest BCUT2D eigenvalue weighted by Gasteiger charge is 2.26. The molecule has 0 aliphatic carbocycles.